The van der Waals surface area contributed by atoms with Gasteiger partial charge in [-0.1, -0.05) is 31.1 Å². The number of allylic oxidation sites excluding steroid dienone is 4. The van der Waals surface area contributed by atoms with Gasteiger partial charge in [-0.25, -0.2) is 0 Å². The van der Waals surface area contributed by atoms with E-state index in [9.17, 15) is 4.79 Å². The second-order valence-electron chi connectivity index (χ2n) is 5.21. The number of hydrogen-bond donors (Lipinski definition) is 0. The molecule has 84 valence electrons. The van der Waals surface area contributed by atoms with Crippen LogP contribution in [0, 0.1) is 5.41 Å². The van der Waals surface area contributed by atoms with Crippen molar-refractivity contribution in [2.45, 2.75) is 53.4 Å². The molecule has 0 amide bonds. The minimum atomic E-state index is 0.141. The molecular formula is C14H22O. The van der Waals surface area contributed by atoms with Gasteiger partial charge in [-0.15, -0.1) is 0 Å². The van der Waals surface area contributed by atoms with E-state index in [0.717, 1.165) is 6.42 Å². The molecule has 0 saturated heterocycles. The van der Waals surface area contributed by atoms with E-state index in [4.69, 9.17) is 0 Å². The van der Waals surface area contributed by atoms with Gasteiger partial charge in [0.25, 0.3) is 0 Å². The molecule has 0 N–H and O–H groups in total. The summed E-state index contributed by atoms with van der Waals surface area (Å²) in [5.41, 5.74) is 3.38. The Morgan fingerprint density at radius 1 is 1.47 bits per heavy atom. The molecule has 0 radical (unpaired) electrons. The minimum Gasteiger partial charge on any atom is -0.295 e. The zero-order valence-corrected chi connectivity index (χ0v) is 10.4. The van der Waals surface area contributed by atoms with E-state index in [2.05, 4.69) is 20.8 Å². The zero-order chi connectivity index (χ0) is 11.5. The van der Waals surface area contributed by atoms with Crippen LogP contribution < -0.4 is 0 Å². The van der Waals surface area contributed by atoms with Gasteiger partial charge in [0.05, 0.1) is 0 Å². The molecule has 1 nitrogen and oxygen atoms in total. The maximum Gasteiger partial charge on any atom is 0.152 e. The first kappa shape index (κ1) is 12.2. The summed E-state index contributed by atoms with van der Waals surface area (Å²) in [6, 6.07) is 0. The Morgan fingerprint density at radius 3 is 2.67 bits per heavy atom. The summed E-state index contributed by atoms with van der Waals surface area (Å²) in [6.45, 7) is 8.46. The third-order valence-electron chi connectivity index (χ3n) is 3.36. The van der Waals surface area contributed by atoms with Crippen LogP contribution in [0.5, 0.6) is 0 Å². The van der Waals surface area contributed by atoms with Crippen molar-refractivity contribution < 1.29 is 4.79 Å². The Balaban J connectivity index is 2.76. The topological polar surface area (TPSA) is 17.1 Å². The van der Waals surface area contributed by atoms with Crippen LogP contribution in [-0.4, -0.2) is 5.78 Å². The molecule has 0 fully saturated rings. The average Bonchev–Trinajstić information content (AvgIpc) is 2.09. The maximum absolute atomic E-state index is 10.8. The summed E-state index contributed by atoms with van der Waals surface area (Å²) in [7, 11) is 0. The monoisotopic (exact) mass is 206 g/mol. The van der Waals surface area contributed by atoms with E-state index >= 15 is 0 Å². The van der Waals surface area contributed by atoms with Crippen molar-refractivity contribution in [3.05, 3.63) is 23.3 Å². The lowest BCUT2D eigenvalue weighted by atomic mass is 9.71. The van der Waals surface area contributed by atoms with Crippen molar-refractivity contribution in [2.75, 3.05) is 0 Å². The molecule has 1 aliphatic rings. The van der Waals surface area contributed by atoms with E-state index in [-0.39, 0.29) is 5.78 Å². The second-order valence-corrected chi connectivity index (χ2v) is 5.21. The van der Waals surface area contributed by atoms with Crippen LogP contribution in [0.25, 0.3) is 0 Å². The van der Waals surface area contributed by atoms with E-state index < -0.39 is 0 Å². The molecule has 0 aromatic rings. The predicted molar refractivity (Wildman–Crippen MR) is 64.8 cm³/mol. The standard InChI is InChI=1S/C14H22O/c1-11-7-6-10-14(3,4)13(11)9-5-8-12(2)15/h5,8H,6-7,9-10H2,1-4H3. The van der Waals surface area contributed by atoms with Gasteiger partial charge in [-0.2, -0.15) is 0 Å². The number of ketones is 1. The van der Waals surface area contributed by atoms with Crippen molar-refractivity contribution in [3.63, 3.8) is 0 Å². The molecule has 0 aliphatic heterocycles. The molecule has 1 rings (SSSR count). The number of rotatable bonds is 3. The summed E-state index contributed by atoms with van der Waals surface area (Å²) in [4.78, 5) is 10.8. The number of carbonyl (C=O) groups is 1. The van der Waals surface area contributed by atoms with Crippen molar-refractivity contribution in [3.8, 4) is 0 Å². The molecule has 1 heteroatoms. The van der Waals surface area contributed by atoms with Gasteiger partial charge in [-0.05, 0) is 51.0 Å². The van der Waals surface area contributed by atoms with E-state index in [1.807, 2.05) is 6.08 Å². The van der Waals surface area contributed by atoms with Crippen molar-refractivity contribution in [1.29, 1.82) is 0 Å². The normalized spacial score (nSPS) is 21.1. The smallest absolute Gasteiger partial charge is 0.152 e. The molecule has 0 unspecified atom stereocenters. The molecule has 0 atom stereocenters. The van der Waals surface area contributed by atoms with Gasteiger partial charge in [0.1, 0.15) is 0 Å². The number of hydrogen-bond acceptors (Lipinski definition) is 1. The van der Waals surface area contributed by atoms with Crippen molar-refractivity contribution in [2.24, 2.45) is 5.41 Å². The summed E-state index contributed by atoms with van der Waals surface area (Å²) in [5.74, 6) is 0.141. The summed E-state index contributed by atoms with van der Waals surface area (Å²) in [6.07, 6.45) is 8.44. The summed E-state index contributed by atoms with van der Waals surface area (Å²) in [5, 5.41) is 0. The molecule has 0 aromatic carbocycles. The Hall–Kier alpha value is -0.850. The van der Waals surface area contributed by atoms with E-state index in [1.54, 1.807) is 13.0 Å². The fourth-order valence-corrected chi connectivity index (χ4v) is 2.47. The van der Waals surface area contributed by atoms with Crippen LogP contribution in [0.2, 0.25) is 0 Å². The van der Waals surface area contributed by atoms with E-state index in [1.165, 1.54) is 30.4 Å². The third kappa shape index (κ3) is 3.33. The Morgan fingerprint density at radius 2 is 2.13 bits per heavy atom. The van der Waals surface area contributed by atoms with Gasteiger partial charge in [-0.3, -0.25) is 4.79 Å². The second kappa shape index (κ2) is 4.78. The third-order valence-corrected chi connectivity index (χ3v) is 3.36. The number of carbonyl (C=O) groups excluding carboxylic acids is 1. The highest BCUT2D eigenvalue weighted by Gasteiger charge is 2.27. The molecule has 0 spiro atoms. The van der Waals surface area contributed by atoms with Crippen LogP contribution in [-0.2, 0) is 4.79 Å². The van der Waals surface area contributed by atoms with Gasteiger partial charge in [0.2, 0.25) is 0 Å². The van der Waals surface area contributed by atoms with Crippen LogP contribution in [0.4, 0.5) is 0 Å². The largest absolute Gasteiger partial charge is 0.295 e. The fraction of sp³-hybridized carbons (Fsp3) is 0.643. The lowest BCUT2D eigenvalue weighted by Gasteiger charge is -2.34. The van der Waals surface area contributed by atoms with Gasteiger partial charge >= 0.3 is 0 Å². The molecule has 15 heavy (non-hydrogen) atoms. The lowest BCUT2D eigenvalue weighted by molar-refractivity contribution is -0.112. The van der Waals surface area contributed by atoms with Crippen LogP contribution in [0.15, 0.2) is 23.3 Å². The lowest BCUT2D eigenvalue weighted by Crippen LogP contribution is -2.20. The Kier molecular flexibility index (Phi) is 3.90. The molecule has 1 aliphatic carbocycles. The molecule has 0 bridgehead atoms. The van der Waals surface area contributed by atoms with Crippen LogP contribution in [0.1, 0.15) is 53.4 Å². The fourth-order valence-electron chi connectivity index (χ4n) is 2.47. The summed E-state index contributed by atoms with van der Waals surface area (Å²) < 4.78 is 0. The van der Waals surface area contributed by atoms with Crippen molar-refractivity contribution >= 4 is 5.78 Å². The molecule has 0 aromatic heterocycles. The van der Waals surface area contributed by atoms with Gasteiger partial charge in [0.15, 0.2) is 5.78 Å². The molecule has 0 saturated carbocycles. The quantitative estimate of drug-likeness (QED) is 0.503. The summed E-state index contributed by atoms with van der Waals surface area (Å²) >= 11 is 0. The Labute approximate surface area is 93.3 Å². The average molecular weight is 206 g/mol. The first-order valence-electron chi connectivity index (χ1n) is 5.80. The van der Waals surface area contributed by atoms with Crippen molar-refractivity contribution in [1.82, 2.24) is 0 Å². The van der Waals surface area contributed by atoms with E-state index in [0.29, 0.717) is 5.41 Å². The predicted octanol–water partition coefficient (Wildman–Crippen LogP) is 4.05. The minimum absolute atomic E-state index is 0.141. The zero-order valence-electron chi connectivity index (χ0n) is 10.4. The Bertz CT molecular complexity index is 305. The molecular weight excluding hydrogens is 184 g/mol. The van der Waals surface area contributed by atoms with Gasteiger partial charge < -0.3 is 0 Å². The SMILES string of the molecule is CC(=O)C=CCC1=C(C)CCCC1(C)C. The highest BCUT2D eigenvalue weighted by molar-refractivity contribution is 5.87. The maximum atomic E-state index is 10.8. The van der Waals surface area contributed by atoms with Crippen LogP contribution >= 0.6 is 0 Å². The van der Waals surface area contributed by atoms with Crippen LogP contribution in [0.3, 0.4) is 0 Å². The highest BCUT2D eigenvalue weighted by Crippen LogP contribution is 2.41. The first-order valence-corrected chi connectivity index (χ1v) is 5.80. The highest BCUT2D eigenvalue weighted by atomic mass is 16.1. The first-order chi connectivity index (χ1) is 6.93. The molecule has 0 heterocycles. The van der Waals surface area contributed by atoms with Gasteiger partial charge in [0, 0.05) is 0 Å².